The Morgan fingerprint density at radius 3 is 2.48 bits per heavy atom. The van der Waals surface area contributed by atoms with E-state index in [1.165, 1.54) is 6.92 Å². The van der Waals surface area contributed by atoms with Crippen molar-refractivity contribution in [3.05, 3.63) is 58.9 Å². The number of carbonyl (C=O) groups excluding carboxylic acids is 2. The minimum atomic E-state index is -0.445. The van der Waals surface area contributed by atoms with Crippen LogP contribution in [0.3, 0.4) is 0 Å². The SMILES string of the molecule is CC(=O)Nc1ccc(C(=O)OCc2ccc(Cl)nc2)cc1. The van der Waals surface area contributed by atoms with Crippen molar-refractivity contribution in [3.63, 3.8) is 0 Å². The van der Waals surface area contributed by atoms with Gasteiger partial charge in [0.25, 0.3) is 0 Å². The van der Waals surface area contributed by atoms with Gasteiger partial charge in [-0.15, -0.1) is 0 Å². The third-order valence-corrected chi connectivity index (χ3v) is 2.82. The summed E-state index contributed by atoms with van der Waals surface area (Å²) in [7, 11) is 0. The molecule has 0 atom stereocenters. The number of halogens is 1. The first-order valence-corrected chi connectivity index (χ1v) is 6.57. The Morgan fingerprint density at radius 1 is 1.19 bits per heavy atom. The molecule has 0 unspecified atom stereocenters. The van der Waals surface area contributed by atoms with Crippen molar-refractivity contribution in [1.29, 1.82) is 0 Å². The predicted octanol–water partition coefficient (Wildman–Crippen LogP) is 3.05. The predicted molar refractivity (Wildman–Crippen MR) is 79.1 cm³/mol. The van der Waals surface area contributed by atoms with Gasteiger partial charge in [-0.3, -0.25) is 4.79 Å². The summed E-state index contributed by atoms with van der Waals surface area (Å²) in [4.78, 5) is 26.7. The lowest BCUT2D eigenvalue weighted by molar-refractivity contribution is -0.114. The maximum absolute atomic E-state index is 11.9. The Bertz CT molecular complexity index is 639. The number of ether oxygens (including phenoxy) is 1. The molecule has 1 aromatic heterocycles. The molecule has 2 rings (SSSR count). The van der Waals surface area contributed by atoms with Crippen LogP contribution in [0.5, 0.6) is 0 Å². The molecular weight excluding hydrogens is 292 g/mol. The van der Waals surface area contributed by atoms with Gasteiger partial charge >= 0.3 is 5.97 Å². The van der Waals surface area contributed by atoms with Gasteiger partial charge in [0.1, 0.15) is 11.8 Å². The Morgan fingerprint density at radius 2 is 1.90 bits per heavy atom. The highest BCUT2D eigenvalue weighted by Gasteiger charge is 2.07. The minimum absolute atomic E-state index is 0.121. The van der Waals surface area contributed by atoms with E-state index in [1.54, 1.807) is 42.6 Å². The molecule has 108 valence electrons. The van der Waals surface area contributed by atoms with Gasteiger partial charge in [-0.1, -0.05) is 17.7 Å². The number of esters is 1. The normalized spacial score (nSPS) is 10.0. The van der Waals surface area contributed by atoms with Crippen LogP contribution in [0, 0.1) is 0 Å². The number of aromatic nitrogens is 1. The molecule has 0 aliphatic heterocycles. The second-order valence-corrected chi connectivity index (χ2v) is 4.71. The summed E-state index contributed by atoms with van der Waals surface area (Å²) in [5.41, 5.74) is 1.79. The number of hydrogen-bond donors (Lipinski definition) is 1. The largest absolute Gasteiger partial charge is 0.457 e. The molecule has 0 saturated carbocycles. The Balaban J connectivity index is 1.93. The number of nitrogens with zero attached hydrogens (tertiary/aromatic N) is 1. The van der Waals surface area contributed by atoms with Gasteiger partial charge in [0, 0.05) is 24.4 Å². The molecule has 0 fully saturated rings. The van der Waals surface area contributed by atoms with Gasteiger partial charge in [-0.05, 0) is 30.3 Å². The van der Waals surface area contributed by atoms with Gasteiger partial charge in [0.15, 0.2) is 0 Å². The molecule has 0 bridgehead atoms. The maximum atomic E-state index is 11.9. The lowest BCUT2D eigenvalue weighted by atomic mass is 10.2. The first-order chi connectivity index (χ1) is 10.0. The molecule has 21 heavy (non-hydrogen) atoms. The van der Waals surface area contributed by atoms with Crippen molar-refractivity contribution in [3.8, 4) is 0 Å². The van der Waals surface area contributed by atoms with Crippen LogP contribution < -0.4 is 5.32 Å². The maximum Gasteiger partial charge on any atom is 0.338 e. The molecule has 1 heterocycles. The first kappa shape index (κ1) is 15.0. The van der Waals surface area contributed by atoms with Gasteiger partial charge in [0.2, 0.25) is 5.91 Å². The van der Waals surface area contributed by atoms with Crippen LogP contribution in [0.4, 0.5) is 5.69 Å². The first-order valence-electron chi connectivity index (χ1n) is 6.20. The van der Waals surface area contributed by atoms with E-state index in [9.17, 15) is 9.59 Å². The standard InChI is InChI=1S/C15H13ClN2O3/c1-10(19)18-13-5-3-12(4-6-13)15(20)21-9-11-2-7-14(16)17-8-11/h2-8H,9H2,1H3,(H,18,19). The second-order valence-electron chi connectivity index (χ2n) is 4.32. The van der Waals surface area contributed by atoms with E-state index in [1.807, 2.05) is 0 Å². The van der Waals surface area contributed by atoms with Gasteiger partial charge in [-0.25, -0.2) is 9.78 Å². The summed E-state index contributed by atoms with van der Waals surface area (Å²) in [5.74, 6) is -0.611. The Hall–Kier alpha value is -2.40. The number of benzene rings is 1. The van der Waals surface area contributed by atoms with Gasteiger partial charge in [-0.2, -0.15) is 0 Å². The van der Waals surface area contributed by atoms with Crippen LogP contribution >= 0.6 is 11.6 Å². The second kappa shape index (κ2) is 6.85. The smallest absolute Gasteiger partial charge is 0.338 e. The highest BCUT2D eigenvalue weighted by molar-refractivity contribution is 6.29. The molecule has 0 radical (unpaired) electrons. The average molecular weight is 305 g/mol. The van der Waals surface area contributed by atoms with Crippen LogP contribution in [0.15, 0.2) is 42.6 Å². The van der Waals surface area contributed by atoms with E-state index in [2.05, 4.69) is 10.3 Å². The zero-order valence-electron chi connectivity index (χ0n) is 11.3. The highest BCUT2D eigenvalue weighted by atomic mass is 35.5. The van der Waals surface area contributed by atoms with E-state index < -0.39 is 5.97 Å². The molecule has 1 aromatic carbocycles. The summed E-state index contributed by atoms with van der Waals surface area (Å²) < 4.78 is 5.17. The molecule has 0 aliphatic rings. The Kier molecular flexibility index (Phi) is 4.90. The van der Waals surface area contributed by atoms with E-state index in [0.29, 0.717) is 16.4 Å². The summed E-state index contributed by atoms with van der Waals surface area (Å²) in [5, 5.41) is 3.01. The van der Waals surface area contributed by atoms with Crippen molar-refractivity contribution in [2.45, 2.75) is 13.5 Å². The van der Waals surface area contributed by atoms with Crippen LogP contribution in [0.2, 0.25) is 5.15 Å². The molecule has 5 nitrogen and oxygen atoms in total. The van der Waals surface area contributed by atoms with Crippen LogP contribution in [0.1, 0.15) is 22.8 Å². The molecule has 0 saturated heterocycles. The van der Waals surface area contributed by atoms with Crippen molar-refractivity contribution in [2.24, 2.45) is 0 Å². The quantitative estimate of drug-likeness (QED) is 0.696. The number of nitrogens with one attached hydrogen (secondary N) is 1. The minimum Gasteiger partial charge on any atom is -0.457 e. The summed E-state index contributed by atoms with van der Waals surface area (Å²) >= 11 is 5.67. The number of amides is 1. The third kappa shape index (κ3) is 4.57. The van der Waals surface area contributed by atoms with Crippen molar-refractivity contribution < 1.29 is 14.3 Å². The van der Waals surface area contributed by atoms with E-state index in [-0.39, 0.29) is 12.5 Å². The van der Waals surface area contributed by atoms with Gasteiger partial charge < -0.3 is 10.1 Å². The molecular formula is C15H13ClN2O3. The topological polar surface area (TPSA) is 68.3 Å². The molecule has 1 N–H and O–H groups in total. The highest BCUT2D eigenvalue weighted by Crippen LogP contribution is 2.12. The molecule has 0 spiro atoms. The third-order valence-electron chi connectivity index (χ3n) is 2.60. The van der Waals surface area contributed by atoms with Crippen molar-refractivity contribution >= 4 is 29.2 Å². The number of hydrogen-bond acceptors (Lipinski definition) is 4. The lowest BCUT2D eigenvalue weighted by Crippen LogP contribution is -2.07. The summed E-state index contributed by atoms with van der Waals surface area (Å²) in [6, 6.07) is 9.83. The molecule has 2 aromatic rings. The monoisotopic (exact) mass is 304 g/mol. The number of pyridine rings is 1. The molecule has 6 heteroatoms. The molecule has 1 amide bonds. The number of anilines is 1. The lowest BCUT2D eigenvalue weighted by Gasteiger charge is -2.06. The fourth-order valence-electron chi connectivity index (χ4n) is 1.62. The molecule has 0 aliphatic carbocycles. The van der Waals surface area contributed by atoms with Crippen molar-refractivity contribution in [1.82, 2.24) is 4.98 Å². The average Bonchev–Trinajstić information content (AvgIpc) is 2.46. The number of carbonyl (C=O) groups is 2. The van der Waals surface area contributed by atoms with Crippen LogP contribution in [-0.4, -0.2) is 16.9 Å². The summed E-state index contributed by atoms with van der Waals surface area (Å²) in [6.07, 6.45) is 1.55. The van der Waals surface area contributed by atoms with E-state index >= 15 is 0 Å². The Labute approximate surface area is 126 Å². The van der Waals surface area contributed by atoms with Crippen LogP contribution in [0.25, 0.3) is 0 Å². The fourth-order valence-corrected chi connectivity index (χ4v) is 1.73. The van der Waals surface area contributed by atoms with Crippen LogP contribution in [-0.2, 0) is 16.1 Å². The summed E-state index contributed by atoms with van der Waals surface area (Å²) in [6.45, 7) is 1.54. The number of rotatable bonds is 4. The van der Waals surface area contributed by atoms with E-state index in [4.69, 9.17) is 16.3 Å². The van der Waals surface area contributed by atoms with Crippen molar-refractivity contribution in [2.75, 3.05) is 5.32 Å². The zero-order valence-corrected chi connectivity index (χ0v) is 12.1. The van der Waals surface area contributed by atoms with Gasteiger partial charge in [0.05, 0.1) is 5.56 Å². The van der Waals surface area contributed by atoms with E-state index in [0.717, 1.165) is 5.56 Å². The fraction of sp³-hybridized carbons (Fsp3) is 0.133. The zero-order chi connectivity index (χ0) is 15.2.